The number of benzene rings is 1. The van der Waals surface area contributed by atoms with Crippen LogP contribution in [0.15, 0.2) is 35.7 Å². The lowest BCUT2D eigenvalue weighted by Crippen LogP contribution is -2.48. The van der Waals surface area contributed by atoms with Crippen LogP contribution in [0.5, 0.6) is 5.75 Å². The highest BCUT2D eigenvalue weighted by atomic mass is 32.1. The van der Waals surface area contributed by atoms with Crippen molar-refractivity contribution in [3.8, 4) is 5.75 Å². The molecule has 1 N–H and O–H groups in total. The smallest absolute Gasteiger partial charge is 0.237 e. The lowest BCUT2D eigenvalue weighted by Gasteiger charge is -2.37. The number of amides is 1. The first kappa shape index (κ1) is 22.8. The van der Waals surface area contributed by atoms with E-state index in [1.54, 1.807) is 18.3 Å². The Morgan fingerprint density at radius 1 is 1.27 bits per heavy atom. The van der Waals surface area contributed by atoms with Crippen LogP contribution in [0.3, 0.4) is 0 Å². The van der Waals surface area contributed by atoms with Crippen LogP contribution in [0.25, 0.3) is 0 Å². The molecule has 0 saturated carbocycles. The average Bonchev–Trinajstić information content (AvgIpc) is 3.15. The first-order chi connectivity index (χ1) is 14.3. The van der Waals surface area contributed by atoms with Crippen LogP contribution in [0.1, 0.15) is 42.8 Å². The molecular weight excluding hydrogens is 396 g/mol. The van der Waals surface area contributed by atoms with Crippen LogP contribution in [0, 0.1) is 12.8 Å². The molecule has 0 spiro atoms. The fourth-order valence-electron chi connectivity index (χ4n) is 4.14. The minimum absolute atomic E-state index is 0.0837. The molecule has 0 aliphatic carbocycles. The molecule has 2 atom stereocenters. The van der Waals surface area contributed by atoms with Crippen LogP contribution in [-0.4, -0.2) is 59.7 Å². The quantitative estimate of drug-likeness (QED) is 0.656. The minimum Gasteiger partial charge on any atom is -0.491 e. The summed E-state index contributed by atoms with van der Waals surface area (Å²) in [5.41, 5.74) is 2.30. The molecule has 1 amide bonds. The molecule has 0 fully saturated rings. The summed E-state index contributed by atoms with van der Waals surface area (Å²) in [6.45, 7) is 10.9. The Balaban J connectivity index is 1.75. The fourth-order valence-corrected chi connectivity index (χ4v) is 5.07. The molecule has 30 heavy (non-hydrogen) atoms. The van der Waals surface area contributed by atoms with Gasteiger partial charge in [-0.2, -0.15) is 0 Å². The number of thiophene rings is 1. The highest BCUT2D eigenvalue weighted by Crippen LogP contribution is 2.34. The van der Waals surface area contributed by atoms with E-state index >= 15 is 0 Å². The van der Waals surface area contributed by atoms with Gasteiger partial charge in [0.1, 0.15) is 12.4 Å². The van der Waals surface area contributed by atoms with Gasteiger partial charge in [-0.05, 0) is 54.8 Å². The van der Waals surface area contributed by atoms with Crippen LogP contribution in [-0.2, 0) is 11.2 Å². The Morgan fingerprint density at radius 2 is 2.03 bits per heavy atom. The topological polar surface area (TPSA) is 53.0 Å². The first-order valence-corrected chi connectivity index (χ1v) is 11.7. The Morgan fingerprint density at radius 3 is 2.73 bits per heavy atom. The third-order valence-corrected chi connectivity index (χ3v) is 6.41. The summed E-state index contributed by atoms with van der Waals surface area (Å²) in [7, 11) is 0. The van der Waals surface area contributed by atoms with Gasteiger partial charge in [0.2, 0.25) is 5.91 Å². The predicted molar refractivity (Wildman–Crippen MR) is 122 cm³/mol. The second-order valence-electron chi connectivity index (χ2n) is 8.67. The van der Waals surface area contributed by atoms with Crippen molar-refractivity contribution < 1.29 is 14.6 Å². The summed E-state index contributed by atoms with van der Waals surface area (Å²) >= 11 is 1.76. The summed E-state index contributed by atoms with van der Waals surface area (Å²) in [6.07, 6.45) is 0.432. The first-order valence-electron chi connectivity index (χ1n) is 10.8. The van der Waals surface area contributed by atoms with Gasteiger partial charge in [0, 0.05) is 24.5 Å². The van der Waals surface area contributed by atoms with Crippen molar-refractivity contribution in [1.82, 2.24) is 9.80 Å². The maximum absolute atomic E-state index is 13.3. The second kappa shape index (κ2) is 10.4. The van der Waals surface area contributed by atoms with E-state index < -0.39 is 6.10 Å². The number of aliphatic hydroxyl groups is 1. The Bertz CT molecular complexity index is 823. The molecule has 2 heterocycles. The van der Waals surface area contributed by atoms with Crippen molar-refractivity contribution in [2.75, 3.05) is 32.8 Å². The van der Waals surface area contributed by atoms with E-state index in [4.69, 9.17) is 4.74 Å². The van der Waals surface area contributed by atoms with E-state index in [-0.39, 0.29) is 11.9 Å². The van der Waals surface area contributed by atoms with Gasteiger partial charge in [-0.3, -0.25) is 9.69 Å². The van der Waals surface area contributed by atoms with E-state index in [0.29, 0.717) is 32.2 Å². The fraction of sp³-hybridized carbons (Fsp3) is 0.542. The molecule has 1 aliphatic heterocycles. The second-order valence-corrected chi connectivity index (χ2v) is 9.67. The van der Waals surface area contributed by atoms with Gasteiger partial charge in [0.25, 0.3) is 0 Å². The molecule has 1 aliphatic rings. The zero-order valence-corrected chi connectivity index (χ0v) is 19.3. The largest absolute Gasteiger partial charge is 0.491 e. The van der Waals surface area contributed by atoms with Crippen LogP contribution in [0.2, 0.25) is 0 Å². The number of nitrogens with zero attached hydrogens (tertiary/aromatic N) is 2. The average molecular weight is 431 g/mol. The van der Waals surface area contributed by atoms with Crippen molar-refractivity contribution in [1.29, 1.82) is 0 Å². The highest BCUT2D eigenvalue weighted by molar-refractivity contribution is 7.10. The molecule has 5 nitrogen and oxygen atoms in total. The Hall–Kier alpha value is -1.89. The van der Waals surface area contributed by atoms with Gasteiger partial charge >= 0.3 is 0 Å². The van der Waals surface area contributed by atoms with Crippen molar-refractivity contribution in [2.24, 2.45) is 5.92 Å². The molecule has 0 unspecified atom stereocenters. The molecule has 0 bridgehead atoms. The number of para-hydroxylation sites is 1. The van der Waals surface area contributed by atoms with Crippen molar-refractivity contribution >= 4 is 17.2 Å². The SMILES string of the molecule is Cc1ccccc1OC[C@@H]1c2ccsc2CCN1C(=O)CN(CC(C)C)C[C@@H](C)O. The van der Waals surface area contributed by atoms with Crippen molar-refractivity contribution in [3.63, 3.8) is 0 Å². The summed E-state index contributed by atoms with van der Waals surface area (Å²) < 4.78 is 6.17. The van der Waals surface area contributed by atoms with E-state index in [2.05, 4.69) is 30.2 Å². The number of rotatable bonds is 9. The summed E-state index contributed by atoms with van der Waals surface area (Å²) in [4.78, 5) is 18.7. The van der Waals surface area contributed by atoms with E-state index in [1.807, 2.05) is 36.1 Å². The maximum atomic E-state index is 13.3. The maximum Gasteiger partial charge on any atom is 0.237 e. The molecule has 1 aromatic heterocycles. The molecule has 6 heteroatoms. The van der Waals surface area contributed by atoms with Crippen molar-refractivity contribution in [3.05, 3.63) is 51.7 Å². The molecule has 0 radical (unpaired) electrons. The van der Waals surface area contributed by atoms with E-state index in [1.165, 1.54) is 10.4 Å². The molecule has 164 valence electrons. The number of hydrogen-bond donors (Lipinski definition) is 1. The van der Waals surface area contributed by atoms with Gasteiger partial charge in [0.05, 0.1) is 18.7 Å². The third kappa shape index (κ3) is 5.84. The molecule has 3 rings (SSSR count). The standard InChI is InChI=1S/C24H34N2O3S/c1-17(2)13-25(14-19(4)27)15-24(28)26-11-9-23-20(10-12-30-23)21(26)16-29-22-8-6-5-7-18(22)3/h5-8,10,12,17,19,21,27H,9,11,13-16H2,1-4H3/t19-,21-/m1/s1. The highest BCUT2D eigenvalue weighted by Gasteiger charge is 2.33. The van der Waals surface area contributed by atoms with Crippen LogP contribution in [0.4, 0.5) is 0 Å². The van der Waals surface area contributed by atoms with Crippen molar-refractivity contribution in [2.45, 2.75) is 46.3 Å². The number of carbonyl (C=O) groups excluding carboxylic acids is 1. The zero-order valence-electron chi connectivity index (χ0n) is 18.5. The number of fused-ring (bicyclic) bond motifs is 1. The molecule has 2 aromatic rings. The Kier molecular flexibility index (Phi) is 7.92. The molecule has 0 saturated heterocycles. The van der Waals surface area contributed by atoms with Gasteiger partial charge < -0.3 is 14.7 Å². The normalized spacial score (nSPS) is 17.3. The van der Waals surface area contributed by atoms with E-state index in [9.17, 15) is 9.90 Å². The lowest BCUT2D eigenvalue weighted by atomic mass is 10.00. The third-order valence-electron chi connectivity index (χ3n) is 5.41. The summed E-state index contributed by atoms with van der Waals surface area (Å²) in [5.74, 6) is 1.40. The van der Waals surface area contributed by atoms with Gasteiger partial charge in [0.15, 0.2) is 0 Å². The lowest BCUT2D eigenvalue weighted by molar-refractivity contribution is -0.136. The summed E-state index contributed by atoms with van der Waals surface area (Å²) in [5, 5.41) is 12.0. The summed E-state index contributed by atoms with van der Waals surface area (Å²) in [6, 6.07) is 10.0. The number of aryl methyl sites for hydroxylation is 1. The minimum atomic E-state index is -0.457. The van der Waals surface area contributed by atoms with Gasteiger partial charge in [-0.1, -0.05) is 32.0 Å². The monoisotopic (exact) mass is 430 g/mol. The van der Waals surface area contributed by atoms with E-state index in [0.717, 1.165) is 24.3 Å². The van der Waals surface area contributed by atoms with Gasteiger partial charge in [-0.25, -0.2) is 0 Å². The Labute approximate surface area is 184 Å². The number of hydrogen-bond acceptors (Lipinski definition) is 5. The number of aliphatic hydroxyl groups excluding tert-OH is 1. The zero-order chi connectivity index (χ0) is 21.7. The number of carbonyl (C=O) groups is 1. The van der Waals surface area contributed by atoms with Crippen LogP contribution >= 0.6 is 11.3 Å². The molecule has 1 aromatic carbocycles. The number of ether oxygens (including phenoxy) is 1. The molecular formula is C24H34N2O3S. The van der Waals surface area contributed by atoms with Gasteiger partial charge in [-0.15, -0.1) is 11.3 Å². The predicted octanol–water partition coefficient (Wildman–Crippen LogP) is 3.90. The van der Waals surface area contributed by atoms with Crippen LogP contribution < -0.4 is 4.74 Å².